The summed E-state index contributed by atoms with van der Waals surface area (Å²) < 4.78 is 2.11. The molecule has 0 saturated heterocycles. The van der Waals surface area contributed by atoms with Gasteiger partial charge in [-0.25, -0.2) is 4.98 Å². The second-order valence-corrected chi connectivity index (χ2v) is 5.90. The Kier molecular flexibility index (Phi) is 2.92. The zero-order valence-electron chi connectivity index (χ0n) is 10.5. The number of aryl methyl sites for hydroxylation is 2. The molecule has 0 unspecified atom stereocenters. The van der Waals surface area contributed by atoms with Gasteiger partial charge in [0.2, 0.25) is 0 Å². The third-order valence-corrected chi connectivity index (χ3v) is 4.43. The predicted molar refractivity (Wildman–Crippen MR) is 79.3 cm³/mol. The van der Waals surface area contributed by atoms with Crippen LogP contribution >= 0.6 is 22.9 Å². The van der Waals surface area contributed by atoms with Gasteiger partial charge in [-0.05, 0) is 19.4 Å². The maximum Gasteiger partial charge on any atom is 0.267 e. The lowest BCUT2D eigenvalue weighted by Gasteiger charge is -2.04. The summed E-state index contributed by atoms with van der Waals surface area (Å²) in [5.41, 5.74) is 2.99. The standard InChI is InChI=1S/C14H11ClN2OS/c1-8-9(2)17-13(18)11(10-6-4-3-5-7-10)12(15)19-14(17)16-8/h3-7H,1-2H3. The monoisotopic (exact) mass is 290 g/mol. The molecule has 0 aliphatic rings. The summed E-state index contributed by atoms with van der Waals surface area (Å²) in [6, 6.07) is 9.48. The number of nitrogens with zero attached hydrogens (tertiary/aromatic N) is 2. The van der Waals surface area contributed by atoms with E-state index in [-0.39, 0.29) is 5.56 Å². The van der Waals surface area contributed by atoms with Crippen LogP contribution < -0.4 is 5.56 Å². The fraction of sp³-hybridized carbons (Fsp3) is 0.143. The van der Waals surface area contributed by atoms with Crippen LogP contribution in [0.1, 0.15) is 11.4 Å². The largest absolute Gasteiger partial charge is 0.268 e. The van der Waals surface area contributed by atoms with Gasteiger partial charge in [-0.3, -0.25) is 9.20 Å². The molecule has 0 fully saturated rings. The number of fused-ring (bicyclic) bond motifs is 1. The summed E-state index contributed by atoms with van der Waals surface area (Å²) in [4.78, 5) is 17.6. The fourth-order valence-electron chi connectivity index (χ4n) is 2.06. The van der Waals surface area contributed by atoms with Crippen molar-refractivity contribution in [2.75, 3.05) is 0 Å². The molecule has 2 aromatic heterocycles. The van der Waals surface area contributed by atoms with Gasteiger partial charge < -0.3 is 0 Å². The van der Waals surface area contributed by atoms with Crippen LogP contribution in [-0.4, -0.2) is 9.38 Å². The average Bonchev–Trinajstić information content (AvgIpc) is 2.66. The highest BCUT2D eigenvalue weighted by Gasteiger charge is 2.16. The number of hydrogen-bond acceptors (Lipinski definition) is 3. The minimum absolute atomic E-state index is 0.108. The Labute approximate surface area is 119 Å². The molecule has 1 aromatic carbocycles. The molecule has 2 heterocycles. The van der Waals surface area contributed by atoms with Crippen LogP contribution in [0, 0.1) is 13.8 Å². The van der Waals surface area contributed by atoms with Crippen LogP contribution in [0.3, 0.4) is 0 Å². The molecule has 3 nitrogen and oxygen atoms in total. The molecule has 3 rings (SSSR count). The van der Waals surface area contributed by atoms with E-state index in [0.717, 1.165) is 17.0 Å². The molecule has 0 aliphatic carbocycles. The molecule has 0 atom stereocenters. The Morgan fingerprint density at radius 1 is 1.21 bits per heavy atom. The zero-order chi connectivity index (χ0) is 13.6. The summed E-state index contributed by atoms with van der Waals surface area (Å²) in [6.07, 6.45) is 0. The summed E-state index contributed by atoms with van der Waals surface area (Å²) >= 11 is 7.60. The van der Waals surface area contributed by atoms with Gasteiger partial charge in [0.05, 0.1) is 11.3 Å². The summed E-state index contributed by atoms with van der Waals surface area (Å²) in [5.74, 6) is 0. The van der Waals surface area contributed by atoms with E-state index in [1.165, 1.54) is 11.3 Å². The second-order valence-electron chi connectivity index (χ2n) is 4.32. The third-order valence-electron chi connectivity index (χ3n) is 3.17. The van der Waals surface area contributed by atoms with Gasteiger partial charge in [0.25, 0.3) is 5.56 Å². The normalized spacial score (nSPS) is 11.1. The van der Waals surface area contributed by atoms with Crippen LogP contribution in [0.25, 0.3) is 16.1 Å². The molecular weight excluding hydrogens is 280 g/mol. The lowest BCUT2D eigenvalue weighted by molar-refractivity contribution is 1.06. The van der Waals surface area contributed by atoms with Crippen molar-refractivity contribution in [3.8, 4) is 11.1 Å². The second kappa shape index (κ2) is 4.47. The van der Waals surface area contributed by atoms with E-state index < -0.39 is 0 Å². The summed E-state index contributed by atoms with van der Waals surface area (Å²) in [6.45, 7) is 3.79. The smallest absolute Gasteiger partial charge is 0.267 e. The zero-order valence-corrected chi connectivity index (χ0v) is 12.0. The van der Waals surface area contributed by atoms with Crippen molar-refractivity contribution in [2.24, 2.45) is 0 Å². The Morgan fingerprint density at radius 3 is 2.58 bits per heavy atom. The Morgan fingerprint density at radius 2 is 1.89 bits per heavy atom. The van der Waals surface area contributed by atoms with Gasteiger partial charge in [0.15, 0.2) is 4.96 Å². The molecule has 96 valence electrons. The van der Waals surface area contributed by atoms with Crippen molar-refractivity contribution < 1.29 is 0 Å². The first-order valence-electron chi connectivity index (χ1n) is 5.83. The molecule has 0 amide bonds. The molecule has 0 aliphatic heterocycles. The minimum Gasteiger partial charge on any atom is -0.268 e. The van der Waals surface area contributed by atoms with Crippen molar-refractivity contribution in [1.82, 2.24) is 9.38 Å². The van der Waals surface area contributed by atoms with Crippen molar-refractivity contribution in [3.05, 3.63) is 56.4 Å². The number of halogens is 1. The molecule has 0 saturated carbocycles. The van der Waals surface area contributed by atoms with Crippen molar-refractivity contribution in [1.29, 1.82) is 0 Å². The molecule has 0 N–H and O–H groups in total. The first kappa shape index (κ1) is 12.4. The molecule has 19 heavy (non-hydrogen) atoms. The average molecular weight is 291 g/mol. The highest BCUT2D eigenvalue weighted by molar-refractivity contribution is 7.20. The maximum atomic E-state index is 12.6. The van der Waals surface area contributed by atoms with Crippen molar-refractivity contribution in [2.45, 2.75) is 13.8 Å². The fourth-order valence-corrected chi connectivity index (χ4v) is 3.41. The van der Waals surface area contributed by atoms with Gasteiger partial charge in [0, 0.05) is 5.69 Å². The summed E-state index contributed by atoms with van der Waals surface area (Å²) in [7, 11) is 0. The first-order chi connectivity index (χ1) is 9.09. The van der Waals surface area contributed by atoms with Crippen molar-refractivity contribution >= 4 is 27.9 Å². The molecule has 0 radical (unpaired) electrons. The third kappa shape index (κ3) is 1.88. The number of aromatic nitrogens is 2. The lowest BCUT2D eigenvalue weighted by Crippen LogP contribution is -2.15. The topological polar surface area (TPSA) is 34.4 Å². The Bertz CT molecular complexity index is 821. The summed E-state index contributed by atoms with van der Waals surface area (Å²) in [5, 5.41) is 0. The van der Waals surface area contributed by atoms with Crippen LogP contribution in [0.4, 0.5) is 0 Å². The molecular formula is C14H11ClN2OS. The van der Waals surface area contributed by atoms with E-state index >= 15 is 0 Å². The molecule has 0 bridgehead atoms. The van der Waals surface area contributed by atoms with Gasteiger partial charge in [-0.15, -0.1) is 0 Å². The number of hydrogen-bond donors (Lipinski definition) is 0. The highest BCUT2D eigenvalue weighted by Crippen LogP contribution is 2.30. The Balaban J connectivity index is 2.44. The SMILES string of the molecule is Cc1nc2sc(Cl)c(-c3ccccc3)c(=O)n2c1C. The van der Waals surface area contributed by atoms with Gasteiger partial charge in [-0.1, -0.05) is 53.3 Å². The minimum atomic E-state index is -0.108. The van der Waals surface area contributed by atoms with Crippen LogP contribution in [0.15, 0.2) is 35.1 Å². The van der Waals surface area contributed by atoms with Crippen LogP contribution in [0.2, 0.25) is 4.34 Å². The maximum absolute atomic E-state index is 12.6. The number of rotatable bonds is 1. The van der Waals surface area contributed by atoms with Crippen molar-refractivity contribution in [3.63, 3.8) is 0 Å². The van der Waals surface area contributed by atoms with E-state index in [1.807, 2.05) is 44.2 Å². The van der Waals surface area contributed by atoms with Crippen LogP contribution in [0.5, 0.6) is 0 Å². The van der Waals surface area contributed by atoms with Gasteiger partial charge in [-0.2, -0.15) is 0 Å². The molecule has 5 heteroatoms. The quantitative estimate of drug-likeness (QED) is 0.685. The number of imidazole rings is 1. The predicted octanol–water partition coefficient (Wildman–Crippen LogP) is 3.69. The van der Waals surface area contributed by atoms with E-state index in [2.05, 4.69) is 4.98 Å². The van der Waals surface area contributed by atoms with E-state index in [9.17, 15) is 4.79 Å². The van der Waals surface area contributed by atoms with Gasteiger partial charge in [0.1, 0.15) is 4.34 Å². The highest BCUT2D eigenvalue weighted by atomic mass is 35.5. The van der Waals surface area contributed by atoms with Gasteiger partial charge >= 0.3 is 0 Å². The van der Waals surface area contributed by atoms with E-state index in [1.54, 1.807) is 4.40 Å². The Hall–Kier alpha value is -1.65. The molecule has 0 spiro atoms. The van der Waals surface area contributed by atoms with E-state index in [0.29, 0.717) is 14.9 Å². The van der Waals surface area contributed by atoms with E-state index in [4.69, 9.17) is 11.6 Å². The molecule has 3 aromatic rings. The van der Waals surface area contributed by atoms with Crippen LogP contribution in [-0.2, 0) is 0 Å². The first-order valence-corrected chi connectivity index (χ1v) is 7.02. The lowest BCUT2D eigenvalue weighted by atomic mass is 10.1. The number of benzene rings is 1.